The molecule has 0 radical (unpaired) electrons. The standard InChI is InChI=1S/C15H12BrFN2O/c1-10(18-14-9-12(17)7-8-13(14)16)19-15(20)11-5-3-2-4-6-11/h2-9,18H,1H2,(H,19,20). The van der Waals surface area contributed by atoms with Crippen molar-refractivity contribution in [1.29, 1.82) is 0 Å². The molecule has 5 heteroatoms. The van der Waals surface area contributed by atoms with Crippen LogP contribution in [-0.4, -0.2) is 5.91 Å². The molecule has 0 fully saturated rings. The monoisotopic (exact) mass is 334 g/mol. The third-order valence-electron chi connectivity index (χ3n) is 2.51. The molecule has 2 aromatic rings. The lowest BCUT2D eigenvalue weighted by Crippen LogP contribution is -2.26. The van der Waals surface area contributed by atoms with Crippen molar-refractivity contribution < 1.29 is 9.18 Å². The van der Waals surface area contributed by atoms with Crippen LogP contribution < -0.4 is 10.6 Å². The van der Waals surface area contributed by atoms with E-state index in [1.807, 2.05) is 6.07 Å². The van der Waals surface area contributed by atoms with Gasteiger partial charge in [-0.05, 0) is 46.3 Å². The van der Waals surface area contributed by atoms with E-state index in [1.54, 1.807) is 30.3 Å². The van der Waals surface area contributed by atoms with E-state index < -0.39 is 0 Å². The van der Waals surface area contributed by atoms with E-state index in [2.05, 4.69) is 33.1 Å². The molecular formula is C15H12BrFN2O. The molecule has 0 aliphatic carbocycles. The molecule has 0 aliphatic heterocycles. The highest BCUT2D eigenvalue weighted by atomic mass is 79.9. The summed E-state index contributed by atoms with van der Waals surface area (Å²) in [6, 6.07) is 13.0. The fraction of sp³-hybridized carbons (Fsp3) is 0. The lowest BCUT2D eigenvalue weighted by molar-refractivity contribution is 0.0966. The second-order valence-electron chi connectivity index (χ2n) is 4.05. The maximum atomic E-state index is 13.1. The molecule has 0 aromatic heterocycles. The summed E-state index contributed by atoms with van der Waals surface area (Å²) in [4.78, 5) is 11.9. The van der Waals surface area contributed by atoms with Crippen LogP contribution in [0, 0.1) is 5.82 Å². The van der Waals surface area contributed by atoms with Gasteiger partial charge in [0.1, 0.15) is 11.6 Å². The molecule has 0 heterocycles. The minimum Gasteiger partial charge on any atom is -0.341 e. The van der Waals surface area contributed by atoms with Crippen molar-refractivity contribution in [2.45, 2.75) is 0 Å². The topological polar surface area (TPSA) is 41.1 Å². The van der Waals surface area contributed by atoms with Gasteiger partial charge in [0, 0.05) is 10.0 Å². The summed E-state index contributed by atoms with van der Waals surface area (Å²) in [6.07, 6.45) is 0. The minimum atomic E-state index is -0.377. The molecule has 2 rings (SSSR count). The zero-order valence-corrected chi connectivity index (χ0v) is 12.1. The number of rotatable bonds is 4. The van der Waals surface area contributed by atoms with Crippen molar-refractivity contribution in [2.75, 3.05) is 5.32 Å². The van der Waals surface area contributed by atoms with Crippen LogP contribution in [0.2, 0.25) is 0 Å². The fourth-order valence-corrected chi connectivity index (χ4v) is 1.93. The Morgan fingerprint density at radius 1 is 1.15 bits per heavy atom. The van der Waals surface area contributed by atoms with Gasteiger partial charge >= 0.3 is 0 Å². The highest BCUT2D eigenvalue weighted by Crippen LogP contribution is 2.23. The molecule has 0 spiro atoms. The van der Waals surface area contributed by atoms with Gasteiger partial charge in [-0.2, -0.15) is 0 Å². The second kappa shape index (κ2) is 6.34. The molecule has 0 bridgehead atoms. The zero-order chi connectivity index (χ0) is 14.5. The molecule has 0 atom stereocenters. The zero-order valence-electron chi connectivity index (χ0n) is 10.5. The normalized spacial score (nSPS) is 9.90. The predicted molar refractivity (Wildman–Crippen MR) is 80.8 cm³/mol. The summed E-state index contributed by atoms with van der Waals surface area (Å²) in [5, 5.41) is 5.44. The number of anilines is 1. The Hall–Kier alpha value is -2.14. The predicted octanol–water partition coefficient (Wildman–Crippen LogP) is 3.90. The molecule has 0 saturated carbocycles. The number of hydrogen-bond donors (Lipinski definition) is 2. The Bertz CT molecular complexity index is 644. The lowest BCUT2D eigenvalue weighted by atomic mass is 10.2. The van der Waals surface area contributed by atoms with Crippen LogP contribution >= 0.6 is 15.9 Å². The van der Waals surface area contributed by atoms with Gasteiger partial charge < -0.3 is 10.6 Å². The van der Waals surface area contributed by atoms with Gasteiger partial charge in [0.25, 0.3) is 5.91 Å². The van der Waals surface area contributed by atoms with Crippen LogP contribution in [0.4, 0.5) is 10.1 Å². The molecule has 0 unspecified atom stereocenters. The van der Waals surface area contributed by atoms with E-state index in [0.29, 0.717) is 15.7 Å². The van der Waals surface area contributed by atoms with Crippen LogP contribution in [0.5, 0.6) is 0 Å². The van der Waals surface area contributed by atoms with Crippen molar-refractivity contribution in [3.8, 4) is 0 Å². The molecular weight excluding hydrogens is 323 g/mol. The van der Waals surface area contributed by atoms with Crippen LogP contribution in [0.15, 0.2) is 65.4 Å². The van der Waals surface area contributed by atoms with E-state index >= 15 is 0 Å². The number of carbonyl (C=O) groups excluding carboxylic acids is 1. The summed E-state index contributed by atoms with van der Waals surface area (Å²) >= 11 is 3.29. The maximum Gasteiger partial charge on any atom is 0.256 e. The van der Waals surface area contributed by atoms with Crippen molar-refractivity contribution >= 4 is 27.5 Å². The van der Waals surface area contributed by atoms with Crippen molar-refractivity contribution in [3.63, 3.8) is 0 Å². The third-order valence-corrected chi connectivity index (χ3v) is 3.21. The van der Waals surface area contributed by atoms with Gasteiger partial charge in [-0.3, -0.25) is 4.79 Å². The first-order chi connectivity index (χ1) is 9.56. The van der Waals surface area contributed by atoms with Crippen LogP contribution in [0.3, 0.4) is 0 Å². The Labute approximate surface area is 124 Å². The Morgan fingerprint density at radius 3 is 2.55 bits per heavy atom. The van der Waals surface area contributed by atoms with Crippen molar-refractivity contribution in [3.05, 3.63) is 76.8 Å². The number of hydrogen-bond acceptors (Lipinski definition) is 2. The number of carbonyl (C=O) groups is 1. The molecule has 2 aromatic carbocycles. The summed E-state index contributed by atoms with van der Waals surface area (Å²) < 4.78 is 13.8. The second-order valence-corrected chi connectivity index (χ2v) is 4.90. The fourth-order valence-electron chi connectivity index (χ4n) is 1.59. The summed E-state index contributed by atoms with van der Waals surface area (Å²) in [5.74, 6) is -0.390. The van der Waals surface area contributed by atoms with Crippen molar-refractivity contribution in [2.24, 2.45) is 0 Å². The molecule has 102 valence electrons. The number of nitrogens with one attached hydrogen (secondary N) is 2. The van der Waals surface area contributed by atoms with Gasteiger partial charge in [0.2, 0.25) is 0 Å². The summed E-state index contributed by atoms with van der Waals surface area (Å²) in [7, 11) is 0. The maximum absolute atomic E-state index is 13.1. The average molecular weight is 335 g/mol. The molecule has 0 saturated heterocycles. The third kappa shape index (κ3) is 3.68. The molecule has 2 N–H and O–H groups in total. The Kier molecular flexibility index (Phi) is 4.53. The molecule has 20 heavy (non-hydrogen) atoms. The van der Waals surface area contributed by atoms with E-state index in [0.717, 1.165) is 0 Å². The number of halogens is 2. The van der Waals surface area contributed by atoms with E-state index in [-0.39, 0.29) is 17.5 Å². The highest BCUT2D eigenvalue weighted by Gasteiger charge is 2.07. The summed E-state index contributed by atoms with van der Waals surface area (Å²) in [6.45, 7) is 3.70. The quantitative estimate of drug-likeness (QED) is 0.890. The van der Waals surface area contributed by atoms with Gasteiger partial charge in [0.15, 0.2) is 0 Å². The van der Waals surface area contributed by atoms with E-state index in [1.165, 1.54) is 12.1 Å². The van der Waals surface area contributed by atoms with E-state index in [9.17, 15) is 9.18 Å². The largest absolute Gasteiger partial charge is 0.341 e. The highest BCUT2D eigenvalue weighted by molar-refractivity contribution is 9.10. The number of amides is 1. The minimum absolute atomic E-state index is 0.269. The van der Waals surface area contributed by atoms with Crippen LogP contribution in [0.1, 0.15) is 10.4 Å². The van der Waals surface area contributed by atoms with Crippen LogP contribution in [-0.2, 0) is 0 Å². The van der Waals surface area contributed by atoms with Gasteiger partial charge in [-0.15, -0.1) is 0 Å². The first kappa shape index (κ1) is 14.3. The SMILES string of the molecule is C=C(NC(=O)c1ccccc1)Nc1cc(F)ccc1Br. The van der Waals surface area contributed by atoms with E-state index in [4.69, 9.17) is 0 Å². The smallest absolute Gasteiger partial charge is 0.256 e. The first-order valence-electron chi connectivity index (χ1n) is 5.83. The Morgan fingerprint density at radius 2 is 1.85 bits per heavy atom. The van der Waals surface area contributed by atoms with Crippen molar-refractivity contribution in [1.82, 2.24) is 5.32 Å². The lowest BCUT2D eigenvalue weighted by Gasteiger charge is -2.12. The average Bonchev–Trinajstić information content (AvgIpc) is 2.43. The Balaban J connectivity index is 2.03. The summed E-state index contributed by atoms with van der Waals surface area (Å²) in [5.41, 5.74) is 1.01. The first-order valence-corrected chi connectivity index (χ1v) is 6.63. The molecule has 3 nitrogen and oxygen atoms in total. The molecule has 0 aliphatic rings. The van der Waals surface area contributed by atoms with Gasteiger partial charge in [-0.25, -0.2) is 4.39 Å². The molecule has 1 amide bonds. The van der Waals surface area contributed by atoms with Gasteiger partial charge in [-0.1, -0.05) is 24.8 Å². The van der Waals surface area contributed by atoms with Crippen LogP contribution in [0.25, 0.3) is 0 Å². The van der Waals surface area contributed by atoms with Gasteiger partial charge in [0.05, 0.1) is 5.69 Å². The number of benzene rings is 2.